The zero-order valence-corrected chi connectivity index (χ0v) is 17.0. The molecular formula is C18H22BrF2N3O3. The first-order chi connectivity index (χ1) is 12.7. The number of ether oxygens (including phenoxy) is 2. The molecule has 0 atom stereocenters. The normalized spacial score (nSPS) is 16.2. The van der Waals surface area contributed by atoms with E-state index in [1.807, 2.05) is 20.8 Å². The van der Waals surface area contributed by atoms with Crippen molar-refractivity contribution in [2.45, 2.75) is 51.9 Å². The highest BCUT2D eigenvalue weighted by atomic mass is 79.9. The van der Waals surface area contributed by atoms with Gasteiger partial charge in [0.05, 0.1) is 6.04 Å². The number of alkyl halides is 2. The van der Waals surface area contributed by atoms with Gasteiger partial charge in [-0.2, -0.15) is 13.9 Å². The van der Waals surface area contributed by atoms with E-state index in [1.165, 1.54) is 6.07 Å². The second-order valence-electron chi connectivity index (χ2n) is 7.46. The van der Waals surface area contributed by atoms with E-state index in [2.05, 4.69) is 25.8 Å². The van der Waals surface area contributed by atoms with Crippen LogP contribution in [-0.4, -0.2) is 46.1 Å². The lowest BCUT2D eigenvalue weighted by molar-refractivity contribution is -0.0491. The molecule has 1 aromatic carbocycles. The fourth-order valence-corrected chi connectivity index (χ4v) is 3.69. The molecule has 148 valence electrons. The van der Waals surface area contributed by atoms with E-state index >= 15 is 0 Å². The molecule has 0 saturated carbocycles. The smallest absolute Gasteiger partial charge is 0.410 e. The second kappa shape index (κ2) is 7.61. The molecular weight excluding hydrogens is 424 g/mol. The number of benzene rings is 1. The molecule has 27 heavy (non-hydrogen) atoms. The van der Waals surface area contributed by atoms with Gasteiger partial charge in [-0.1, -0.05) is 6.07 Å². The number of carbonyl (C=O) groups is 1. The largest absolute Gasteiger partial charge is 0.444 e. The predicted octanol–water partition coefficient (Wildman–Crippen LogP) is 4.97. The van der Waals surface area contributed by atoms with Crippen molar-refractivity contribution in [1.29, 1.82) is 0 Å². The standard InChI is InChI=1S/C18H22BrF2N3O3/c1-18(2,3)27-17(25)23-9-7-11(8-10-23)24-14-12(15(19)22-24)5-4-6-13(14)26-16(20)21/h4-6,11,16H,7-10H2,1-3H3. The van der Waals surface area contributed by atoms with Crippen LogP contribution < -0.4 is 4.74 Å². The number of halogens is 3. The van der Waals surface area contributed by atoms with E-state index in [9.17, 15) is 13.6 Å². The van der Waals surface area contributed by atoms with Crippen molar-refractivity contribution >= 4 is 32.9 Å². The number of aromatic nitrogens is 2. The van der Waals surface area contributed by atoms with Crippen LogP contribution in [0.4, 0.5) is 13.6 Å². The molecule has 0 spiro atoms. The molecule has 1 aromatic heterocycles. The summed E-state index contributed by atoms with van der Waals surface area (Å²) >= 11 is 3.39. The Balaban J connectivity index is 1.80. The first kappa shape index (κ1) is 19.9. The van der Waals surface area contributed by atoms with Crippen LogP contribution >= 0.6 is 15.9 Å². The maximum Gasteiger partial charge on any atom is 0.410 e. The molecule has 6 nitrogen and oxygen atoms in total. The first-order valence-corrected chi connectivity index (χ1v) is 9.54. The highest BCUT2D eigenvalue weighted by Gasteiger charge is 2.29. The van der Waals surface area contributed by atoms with Crippen LogP contribution in [0.1, 0.15) is 39.7 Å². The first-order valence-electron chi connectivity index (χ1n) is 8.75. The molecule has 1 fully saturated rings. The molecule has 0 aliphatic carbocycles. The Bertz CT molecular complexity index is 827. The van der Waals surface area contributed by atoms with Gasteiger partial charge in [-0.15, -0.1) is 0 Å². The molecule has 0 radical (unpaired) electrons. The molecule has 2 aromatic rings. The Morgan fingerprint density at radius 1 is 1.30 bits per heavy atom. The number of hydrogen-bond acceptors (Lipinski definition) is 4. The highest BCUT2D eigenvalue weighted by molar-refractivity contribution is 9.10. The molecule has 1 aliphatic heterocycles. The molecule has 2 heterocycles. The third-order valence-electron chi connectivity index (χ3n) is 4.32. The highest BCUT2D eigenvalue weighted by Crippen LogP contribution is 2.36. The summed E-state index contributed by atoms with van der Waals surface area (Å²) in [6, 6.07) is 4.94. The maximum absolute atomic E-state index is 12.8. The second-order valence-corrected chi connectivity index (χ2v) is 8.22. The van der Waals surface area contributed by atoms with Gasteiger partial charge in [0, 0.05) is 18.5 Å². The number of piperidine rings is 1. The van der Waals surface area contributed by atoms with Crippen LogP contribution in [0.2, 0.25) is 0 Å². The van der Waals surface area contributed by atoms with Gasteiger partial charge in [0.2, 0.25) is 0 Å². The Kier molecular flexibility index (Phi) is 5.60. The van der Waals surface area contributed by atoms with Crippen molar-refractivity contribution in [3.05, 3.63) is 22.8 Å². The minimum atomic E-state index is -2.91. The molecule has 0 bridgehead atoms. The van der Waals surface area contributed by atoms with E-state index in [4.69, 9.17) is 4.74 Å². The number of amides is 1. The van der Waals surface area contributed by atoms with Crippen molar-refractivity contribution < 1.29 is 23.0 Å². The summed E-state index contributed by atoms with van der Waals surface area (Å²) in [5.74, 6) is 0.0928. The molecule has 3 rings (SSSR count). The topological polar surface area (TPSA) is 56.6 Å². The third kappa shape index (κ3) is 4.51. The van der Waals surface area contributed by atoms with E-state index in [0.717, 1.165) is 0 Å². The van der Waals surface area contributed by atoms with Gasteiger partial charge in [-0.3, -0.25) is 4.68 Å². The van der Waals surface area contributed by atoms with Crippen LogP contribution in [0.3, 0.4) is 0 Å². The quantitative estimate of drug-likeness (QED) is 0.668. The van der Waals surface area contributed by atoms with Crippen LogP contribution in [0.5, 0.6) is 5.75 Å². The van der Waals surface area contributed by atoms with Crippen LogP contribution in [0.15, 0.2) is 22.8 Å². The molecule has 9 heteroatoms. The summed E-state index contributed by atoms with van der Waals surface area (Å²) in [6.45, 7) is 3.60. The SMILES string of the molecule is CC(C)(C)OC(=O)N1CCC(n2nc(Br)c3cccc(OC(F)F)c32)CC1. The minimum absolute atomic E-state index is 0.0279. The Morgan fingerprint density at radius 3 is 2.56 bits per heavy atom. The van der Waals surface area contributed by atoms with Crippen LogP contribution in [0, 0.1) is 0 Å². The summed E-state index contributed by atoms with van der Waals surface area (Å²) in [7, 11) is 0. The Labute approximate surface area is 164 Å². The van der Waals surface area contributed by atoms with Gasteiger partial charge in [0.1, 0.15) is 15.7 Å². The predicted molar refractivity (Wildman–Crippen MR) is 100 cm³/mol. The lowest BCUT2D eigenvalue weighted by atomic mass is 10.1. The van der Waals surface area contributed by atoms with Crippen LogP contribution in [0.25, 0.3) is 10.9 Å². The van der Waals surface area contributed by atoms with Crippen molar-refractivity contribution in [2.24, 2.45) is 0 Å². The van der Waals surface area contributed by atoms with Gasteiger partial charge in [-0.05, 0) is 61.7 Å². The number of para-hydroxylation sites is 1. The molecule has 1 saturated heterocycles. The Hall–Kier alpha value is -1.90. The number of rotatable bonds is 3. The van der Waals surface area contributed by atoms with Crippen molar-refractivity contribution in [2.75, 3.05) is 13.1 Å². The van der Waals surface area contributed by atoms with E-state index in [1.54, 1.807) is 21.7 Å². The zero-order chi connectivity index (χ0) is 19.8. The number of hydrogen-bond donors (Lipinski definition) is 0. The van der Waals surface area contributed by atoms with Gasteiger partial charge in [-0.25, -0.2) is 4.79 Å². The van der Waals surface area contributed by atoms with Crippen molar-refractivity contribution in [3.63, 3.8) is 0 Å². The summed E-state index contributed by atoms with van der Waals surface area (Å²) in [5, 5.41) is 5.20. The maximum atomic E-state index is 12.8. The van der Waals surface area contributed by atoms with E-state index < -0.39 is 12.2 Å². The average Bonchev–Trinajstić information content (AvgIpc) is 2.91. The monoisotopic (exact) mass is 445 g/mol. The van der Waals surface area contributed by atoms with E-state index in [0.29, 0.717) is 41.4 Å². The van der Waals surface area contributed by atoms with Gasteiger partial charge < -0.3 is 14.4 Å². The summed E-state index contributed by atoms with van der Waals surface area (Å²) < 4.78 is 38.0. The van der Waals surface area contributed by atoms with Gasteiger partial charge in [0.15, 0.2) is 5.75 Å². The molecule has 1 amide bonds. The number of fused-ring (bicyclic) bond motifs is 1. The molecule has 1 aliphatic rings. The van der Waals surface area contributed by atoms with Crippen LogP contribution in [-0.2, 0) is 4.74 Å². The summed E-state index contributed by atoms with van der Waals surface area (Å²) in [4.78, 5) is 13.9. The fourth-order valence-electron chi connectivity index (χ4n) is 3.20. The molecule has 0 unspecified atom stereocenters. The molecule has 0 N–H and O–H groups in total. The number of likely N-dealkylation sites (tertiary alicyclic amines) is 1. The van der Waals surface area contributed by atoms with E-state index in [-0.39, 0.29) is 17.9 Å². The van der Waals surface area contributed by atoms with Gasteiger partial charge >= 0.3 is 12.7 Å². The third-order valence-corrected chi connectivity index (χ3v) is 4.91. The lowest BCUT2D eigenvalue weighted by Crippen LogP contribution is -2.42. The number of carbonyl (C=O) groups excluding carboxylic acids is 1. The van der Waals surface area contributed by atoms with Crippen molar-refractivity contribution in [1.82, 2.24) is 14.7 Å². The summed E-state index contributed by atoms with van der Waals surface area (Å²) in [6.07, 6.45) is 0.950. The fraction of sp³-hybridized carbons (Fsp3) is 0.556. The number of nitrogens with zero attached hydrogens (tertiary/aromatic N) is 3. The average molecular weight is 446 g/mol. The van der Waals surface area contributed by atoms with Gasteiger partial charge in [0.25, 0.3) is 0 Å². The lowest BCUT2D eigenvalue weighted by Gasteiger charge is -2.33. The minimum Gasteiger partial charge on any atom is -0.444 e. The van der Waals surface area contributed by atoms with Crippen molar-refractivity contribution in [3.8, 4) is 5.75 Å². The summed E-state index contributed by atoms with van der Waals surface area (Å²) in [5.41, 5.74) is -0.0150. The Morgan fingerprint density at radius 2 is 1.96 bits per heavy atom. The zero-order valence-electron chi connectivity index (χ0n) is 15.4.